The molecule has 0 saturated carbocycles. The minimum absolute atomic E-state index is 0.0775. The van der Waals surface area contributed by atoms with Crippen LogP contribution in [0, 0.1) is 0 Å². The van der Waals surface area contributed by atoms with E-state index in [0.29, 0.717) is 24.1 Å². The highest BCUT2D eigenvalue weighted by Gasteiger charge is 2.05. The summed E-state index contributed by atoms with van der Waals surface area (Å²) in [7, 11) is 1.55. The molecule has 0 aromatic heterocycles. The summed E-state index contributed by atoms with van der Waals surface area (Å²) in [6.45, 7) is 0. The first-order valence-electron chi connectivity index (χ1n) is 6.36. The fraction of sp³-hybridized carbons (Fsp3) is 0.357. The van der Waals surface area contributed by atoms with Gasteiger partial charge in [-0.15, -0.1) is 0 Å². The largest absolute Gasteiger partial charge is 0.481 e. The lowest BCUT2D eigenvalue weighted by atomic mass is 10.1. The zero-order valence-corrected chi connectivity index (χ0v) is 11.3. The van der Waals surface area contributed by atoms with Gasteiger partial charge in [0.05, 0.1) is 0 Å². The fourth-order valence-electron chi connectivity index (χ4n) is 1.63. The van der Waals surface area contributed by atoms with E-state index in [9.17, 15) is 14.4 Å². The quantitative estimate of drug-likeness (QED) is 0.660. The molecule has 0 heterocycles. The van der Waals surface area contributed by atoms with Crippen LogP contribution in [0.5, 0.6) is 0 Å². The summed E-state index contributed by atoms with van der Waals surface area (Å²) in [5.41, 5.74) is 1.13. The molecule has 0 aliphatic carbocycles. The molecule has 2 amide bonds. The van der Waals surface area contributed by atoms with Gasteiger partial charge in [0.15, 0.2) is 0 Å². The molecule has 6 heteroatoms. The number of unbranched alkanes of at least 4 members (excludes halogenated alkanes) is 1. The molecule has 6 nitrogen and oxygen atoms in total. The Labute approximate surface area is 117 Å². The van der Waals surface area contributed by atoms with E-state index >= 15 is 0 Å². The van der Waals surface area contributed by atoms with Gasteiger partial charge in [0.2, 0.25) is 5.91 Å². The molecular weight excluding hydrogens is 260 g/mol. The molecule has 0 aliphatic rings. The van der Waals surface area contributed by atoms with Gasteiger partial charge in [0.25, 0.3) is 5.91 Å². The highest BCUT2D eigenvalue weighted by atomic mass is 16.4. The Morgan fingerprint density at radius 1 is 1.05 bits per heavy atom. The summed E-state index contributed by atoms with van der Waals surface area (Å²) in [5, 5.41) is 13.7. The number of aliphatic carboxylic acids is 1. The molecule has 0 radical (unpaired) electrons. The third-order valence-electron chi connectivity index (χ3n) is 2.70. The number of amides is 2. The smallest absolute Gasteiger partial charge is 0.303 e. The number of anilines is 1. The van der Waals surface area contributed by atoms with Crippen LogP contribution in [0.3, 0.4) is 0 Å². The van der Waals surface area contributed by atoms with Gasteiger partial charge in [0.1, 0.15) is 0 Å². The van der Waals surface area contributed by atoms with Crippen molar-refractivity contribution in [1.82, 2.24) is 5.32 Å². The van der Waals surface area contributed by atoms with Crippen molar-refractivity contribution in [2.24, 2.45) is 0 Å². The third kappa shape index (κ3) is 5.51. The minimum Gasteiger partial charge on any atom is -0.481 e. The van der Waals surface area contributed by atoms with Crippen molar-refractivity contribution in [2.45, 2.75) is 25.7 Å². The number of carbonyl (C=O) groups excluding carboxylic acids is 2. The predicted molar refractivity (Wildman–Crippen MR) is 74.6 cm³/mol. The molecule has 3 N–H and O–H groups in total. The summed E-state index contributed by atoms with van der Waals surface area (Å²) >= 11 is 0. The summed E-state index contributed by atoms with van der Waals surface area (Å²) in [6.07, 6.45) is 1.38. The van der Waals surface area contributed by atoms with Gasteiger partial charge >= 0.3 is 5.97 Å². The molecule has 0 unspecified atom stereocenters. The monoisotopic (exact) mass is 278 g/mol. The lowest BCUT2D eigenvalue weighted by molar-refractivity contribution is -0.137. The van der Waals surface area contributed by atoms with Crippen LogP contribution in [-0.4, -0.2) is 29.9 Å². The third-order valence-corrected chi connectivity index (χ3v) is 2.70. The molecule has 1 aromatic rings. The molecule has 0 saturated heterocycles. The summed E-state index contributed by atoms with van der Waals surface area (Å²) in [6, 6.07) is 6.55. The summed E-state index contributed by atoms with van der Waals surface area (Å²) in [4.78, 5) is 33.2. The Kier molecular flexibility index (Phi) is 6.22. The Morgan fingerprint density at radius 3 is 2.20 bits per heavy atom. The van der Waals surface area contributed by atoms with E-state index in [2.05, 4.69) is 10.6 Å². The minimum atomic E-state index is -0.852. The van der Waals surface area contributed by atoms with E-state index in [1.165, 1.54) is 0 Å². The second kappa shape index (κ2) is 7.93. The van der Waals surface area contributed by atoms with Gasteiger partial charge in [-0.2, -0.15) is 0 Å². The first-order chi connectivity index (χ1) is 9.52. The van der Waals surface area contributed by atoms with Gasteiger partial charge in [-0.05, 0) is 37.1 Å². The van der Waals surface area contributed by atoms with Gasteiger partial charge in [-0.25, -0.2) is 0 Å². The maximum atomic E-state index is 11.6. The topological polar surface area (TPSA) is 95.5 Å². The van der Waals surface area contributed by atoms with Crippen molar-refractivity contribution < 1.29 is 19.5 Å². The SMILES string of the molecule is CNC(=O)c1ccc(NC(=O)CCCCC(=O)O)cc1. The van der Waals surface area contributed by atoms with Crippen molar-refractivity contribution in [3.8, 4) is 0 Å². The molecule has 20 heavy (non-hydrogen) atoms. The van der Waals surface area contributed by atoms with E-state index in [4.69, 9.17) is 5.11 Å². The second-order valence-electron chi connectivity index (χ2n) is 4.31. The lowest BCUT2D eigenvalue weighted by Crippen LogP contribution is -2.17. The number of nitrogens with one attached hydrogen (secondary N) is 2. The molecule has 1 rings (SSSR count). The van der Waals surface area contributed by atoms with Gasteiger partial charge in [-0.1, -0.05) is 0 Å². The van der Waals surface area contributed by atoms with E-state index in [1.807, 2.05) is 0 Å². The molecule has 0 aliphatic heterocycles. The number of hydrogen-bond donors (Lipinski definition) is 3. The number of rotatable bonds is 7. The van der Waals surface area contributed by atoms with E-state index in [1.54, 1.807) is 31.3 Å². The number of hydrogen-bond acceptors (Lipinski definition) is 3. The standard InChI is InChI=1S/C14H18N2O4/c1-15-14(20)10-6-8-11(9-7-10)16-12(17)4-2-3-5-13(18)19/h6-9H,2-5H2,1H3,(H,15,20)(H,16,17)(H,18,19). The van der Waals surface area contributed by atoms with E-state index in [-0.39, 0.29) is 24.7 Å². The summed E-state index contributed by atoms with van der Waals surface area (Å²) in [5.74, 6) is -1.20. The highest BCUT2D eigenvalue weighted by Crippen LogP contribution is 2.10. The van der Waals surface area contributed by atoms with E-state index < -0.39 is 5.97 Å². The zero-order valence-electron chi connectivity index (χ0n) is 11.3. The van der Waals surface area contributed by atoms with Gasteiger partial charge < -0.3 is 15.7 Å². The van der Waals surface area contributed by atoms with Crippen LogP contribution in [0.1, 0.15) is 36.0 Å². The molecule has 0 atom stereocenters. The molecule has 0 spiro atoms. The number of carboxylic acid groups (broad SMARTS) is 1. The maximum absolute atomic E-state index is 11.6. The van der Waals surface area contributed by atoms with Gasteiger partial charge in [-0.3, -0.25) is 14.4 Å². The Morgan fingerprint density at radius 2 is 1.65 bits per heavy atom. The average molecular weight is 278 g/mol. The molecule has 0 bridgehead atoms. The first kappa shape index (κ1) is 15.7. The van der Waals surface area contributed by atoms with Crippen LogP contribution < -0.4 is 10.6 Å². The first-order valence-corrected chi connectivity index (χ1v) is 6.36. The number of benzene rings is 1. The van der Waals surface area contributed by atoms with Crippen LogP contribution in [0.25, 0.3) is 0 Å². The van der Waals surface area contributed by atoms with Gasteiger partial charge in [0, 0.05) is 31.1 Å². The number of carbonyl (C=O) groups is 3. The van der Waals surface area contributed by atoms with Crippen LogP contribution in [0.15, 0.2) is 24.3 Å². The highest BCUT2D eigenvalue weighted by molar-refractivity contribution is 5.95. The fourth-order valence-corrected chi connectivity index (χ4v) is 1.63. The van der Waals surface area contributed by atoms with Crippen molar-refractivity contribution in [3.63, 3.8) is 0 Å². The predicted octanol–water partition coefficient (Wildman–Crippen LogP) is 1.63. The molecular formula is C14H18N2O4. The van der Waals surface area contributed by atoms with Crippen LogP contribution in [0.4, 0.5) is 5.69 Å². The Bertz CT molecular complexity index is 482. The maximum Gasteiger partial charge on any atom is 0.303 e. The van der Waals surface area contributed by atoms with Crippen molar-refractivity contribution in [1.29, 1.82) is 0 Å². The Hall–Kier alpha value is -2.37. The number of carboxylic acids is 1. The van der Waals surface area contributed by atoms with Crippen LogP contribution >= 0.6 is 0 Å². The lowest BCUT2D eigenvalue weighted by Gasteiger charge is -2.06. The second-order valence-corrected chi connectivity index (χ2v) is 4.31. The van der Waals surface area contributed by atoms with Crippen molar-refractivity contribution in [2.75, 3.05) is 12.4 Å². The zero-order chi connectivity index (χ0) is 15.0. The average Bonchev–Trinajstić information content (AvgIpc) is 2.43. The molecule has 1 aromatic carbocycles. The normalized spacial score (nSPS) is 9.85. The van der Waals surface area contributed by atoms with E-state index in [0.717, 1.165) is 0 Å². The summed E-state index contributed by atoms with van der Waals surface area (Å²) < 4.78 is 0. The van der Waals surface area contributed by atoms with Crippen LogP contribution in [0.2, 0.25) is 0 Å². The van der Waals surface area contributed by atoms with Crippen LogP contribution in [-0.2, 0) is 9.59 Å². The van der Waals surface area contributed by atoms with Crippen molar-refractivity contribution >= 4 is 23.5 Å². The Balaban J connectivity index is 2.38. The molecule has 0 fully saturated rings. The molecule has 108 valence electrons. The van der Waals surface area contributed by atoms with Crippen molar-refractivity contribution in [3.05, 3.63) is 29.8 Å².